The van der Waals surface area contributed by atoms with Gasteiger partial charge in [-0.05, 0) is 80.1 Å². The van der Waals surface area contributed by atoms with Crippen LogP contribution in [0.2, 0.25) is 0 Å². The van der Waals surface area contributed by atoms with Crippen LogP contribution in [0.1, 0.15) is 65.7 Å². The molecule has 4 aliphatic carbocycles. The molecule has 0 aliphatic heterocycles. The molecule has 0 unspecified atom stereocenters. The molecule has 0 aromatic carbocycles. The Morgan fingerprint density at radius 3 is 2.74 bits per heavy atom. The van der Waals surface area contributed by atoms with E-state index in [4.69, 9.17) is 4.74 Å². The van der Waals surface area contributed by atoms with E-state index in [0.717, 1.165) is 29.9 Å². The standard InChI is InChI=1S/C21H30O2/c1-14(22)23-19-10-9-17-16-8-7-15-6-4-5-12-20(15,2)18(16)11-13-21(17,19)3/h4-5,10,15-18H,6-9,11-13H2,1-3H3/t15-,16+,17+,18+,20+,21+/m1/s1. The molecule has 0 amide bonds. The molecule has 0 bridgehead atoms. The molecule has 126 valence electrons. The topological polar surface area (TPSA) is 26.3 Å². The fourth-order valence-electron chi connectivity index (χ4n) is 6.68. The zero-order valence-electron chi connectivity index (χ0n) is 14.8. The maximum atomic E-state index is 11.5. The van der Waals surface area contributed by atoms with Gasteiger partial charge in [0.1, 0.15) is 5.76 Å². The molecule has 6 atom stereocenters. The van der Waals surface area contributed by atoms with Crippen molar-refractivity contribution in [2.24, 2.45) is 34.5 Å². The first-order valence-corrected chi connectivity index (χ1v) is 9.49. The third kappa shape index (κ3) is 2.16. The van der Waals surface area contributed by atoms with Gasteiger partial charge in [0, 0.05) is 12.3 Å². The van der Waals surface area contributed by atoms with E-state index in [1.807, 2.05) is 0 Å². The molecule has 0 spiro atoms. The fourth-order valence-corrected chi connectivity index (χ4v) is 6.68. The number of carbonyl (C=O) groups excluding carboxylic acids is 1. The first-order chi connectivity index (χ1) is 10.9. The fraction of sp³-hybridized carbons (Fsp3) is 0.762. The molecule has 23 heavy (non-hydrogen) atoms. The van der Waals surface area contributed by atoms with Crippen molar-refractivity contribution < 1.29 is 9.53 Å². The second-order valence-electron chi connectivity index (χ2n) is 8.92. The molecule has 2 saturated carbocycles. The summed E-state index contributed by atoms with van der Waals surface area (Å²) in [7, 11) is 0. The zero-order valence-corrected chi connectivity index (χ0v) is 14.8. The van der Waals surface area contributed by atoms with Gasteiger partial charge in [-0.15, -0.1) is 0 Å². The van der Waals surface area contributed by atoms with Crippen molar-refractivity contribution in [1.82, 2.24) is 0 Å². The summed E-state index contributed by atoms with van der Waals surface area (Å²) in [6, 6.07) is 0. The van der Waals surface area contributed by atoms with Gasteiger partial charge >= 0.3 is 5.97 Å². The normalized spacial score (nSPS) is 48.0. The van der Waals surface area contributed by atoms with E-state index in [-0.39, 0.29) is 11.4 Å². The van der Waals surface area contributed by atoms with E-state index in [1.165, 1.54) is 45.4 Å². The SMILES string of the molecule is CC(=O)OC1=CC[C@H]2[C@@H]3CC[C@H]4CC=CC[C@]4(C)[C@H]3CC[C@]12C. The van der Waals surface area contributed by atoms with Gasteiger partial charge < -0.3 is 4.74 Å². The van der Waals surface area contributed by atoms with Crippen LogP contribution in [0.3, 0.4) is 0 Å². The Kier molecular flexibility index (Phi) is 3.52. The summed E-state index contributed by atoms with van der Waals surface area (Å²) in [5.74, 6) is 4.05. The Bertz CT molecular complexity index is 574. The molecule has 0 N–H and O–H groups in total. The lowest BCUT2D eigenvalue weighted by Gasteiger charge is -2.59. The number of rotatable bonds is 1. The van der Waals surface area contributed by atoms with Gasteiger partial charge in [-0.25, -0.2) is 0 Å². The first-order valence-electron chi connectivity index (χ1n) is 9.49. The van der Waals surface area contributed by atoms with Crippen molar-refractivity contribution in [2.75, 3.05) is 0 Å². The van der Waals surface area contributed by atoms with Crippen molar-refractivity contribution in [1.29, 1.82) is 0 Å². The Labute approximate surface area is 140 Å². The van der Waals surface area contributed by atoms with Gasteiger partial charge in [0.2, 0.25) is 0 Å². The van der Waals surface area contributed by atoms with E-state index in [1.54, 1.807) is 0 Å². The average molecular weight is 314 g/mol. The van der Waals surface area contributed by atoms with Gasteiger partial charge in [0.05, 0.1) is 0 Å². The van der Waals surface area contributed by atoms with E-state index in [0.29, 0.717) is 11.3 Å². The second kappa shape index (κ2) is 5.22. The van der Waals surface area contributed by atoms with Crippen molar-refractivity contribution in [2.45, 2.75) is 65.7 Å². The van der Waals surface area contributed by atoms with Crippen LogP contribution in [0.5, 0.6) is 0 Å². The van der Waals surface area contributed by atoms with E-state index in [9.17, 15) is 4.79 Å². The number of carbonyl (C=O) groups is 1. The monoisotopic (exact) mass is 314 g/mol. The van der Waals surface area contributed by atoms with Gasteiger partial charge in [0.25, 0.3) is 0 Å². The number of ether oxygens (including phenoxy) is 1. The number of allylic oxidation sites excluding steroid dienone is 4. The van der Waals surface area contributed by atoms with Crippen LogP contribution in [-0.2, 0) is 9.53 Å². The van der Waals surface area contributed by atoms with Crippen LogP contribution in [0, 0.1) is 34.5 Å². The number of fused-ring (bicyclic) bond motifs is 5. The summed E-state index contributed by atoms with van der Waals surface area (Å²) in [5, 5.41) is 0. The molecule has 0 aromatic rings. The highest BCUT2D eigenvalue weighted by Gasteiger charge is 2.58. The molecular formula is C21H30O2. The van der Waals surface area contributed by atoms with E-state index >= 15 is 0 Å². The Morgan fingerprint density at radius 2 is 1.96 bits per heavy atom. The molecule has 2 heteroatoms. The molecule has 0 aromatic heterocycles. The smallest absolute Gasteiger partial charge is 0.307 e. The van der Waals surface area contributed by atoms with Gasteiger partial charge in [-0.1, -0.05) is 26.0 Å². The maximum absolute atomic E-state index is 11.5. The van der Waals surface area contributed by atoms with Crippen LogP contribution < -0.4 is 0 Å². The highest BCUT2D eigenvalue weighted by atomic mass is 16.5. The van der Waals surface area contributed by atoms with Crippen LogP contribution in [0.15, 0.2) is 24.0 Å². The van der Waals surface area contributed by atoms with Gasteiger partial charge in [0.15, 0.2) is 0 Å². The van der Waals surface area contributed by atoms with Crippen molar-refractivity contribution >= 4 is 5.97 Å². The summed E-state index contributed by atoms with van der Waals surface area (Å²) in [6.45, 7) is 6.45. The molecule has 2 nitrogen and oxygen atoms in total. The van der Waals surface area contributed by atoms with Crippen LogP contribution in [-0.4, -0.2) is 5.97 Å². The molecule has 4 aliphatic rings. The lowest BCUT2D eigenvalue weighted by atomic mass is 9.46. The minimum Gasteiger partial charge on any atom is -0.431 e. The second-order valence-corrected chi connectivity index (χ2v) is 8.92. The highest BCUT2D eigenvalue weighted by Crippen LogP contribution is 2.65. The minimum absolute atomic E-state index is 0.0978. The molecule has 4 rings (SSSR count). The maximum Gasteiger partial charge on any atom is 0.307 e. The average Bonchev–Trinajstić information content (AvgIpc) is 2.83. The van der Waals surface area contributed by atoms with E-state index in [2.05, 4.69) is 32.1 Å². The number of hydrogen-bond donors (Lipinski definition) is 0. The third-order valence-electron chi connectivity index (χ3n) is 7.97. The molecule has 0 radical (unpaired) electrons. The van der Waals surface area contributed by atoms with Gasteiger partial charge in [-0.3, -0.25) is 4.79 Å². The lowest BCUT2D eigenvalue weighted by Crippen LogP contribution is -2.52. The van der Waals surface area contributed by atoms with E-state index < -0.39 is 0 Å². The Hall–Kier alpha value is -1.05. The quantitative estimate of drug-likeness (QED) is 0.488. The third-order valence-corrected chi connectivity index (χ3v) is 7.97. The highest BCUT2D eigenvalue weighted by molar-refractivity contribution is 5.67. The van der Waals surface area contributed by atoms with Crippen molar-refractivity contribution in [3.8, 4) is 0 Å². The van der Waals surface area contributed by atoms with Crippen molar-refractivity contribution in [3.63, 3.8) is 0 Å². The molecule has 0 heterocycles. The summed E-state index contributed by atoms with van der Waals surface area (Å²) >= 11 is 0. The number of hydrogen-bond acceptors (Lipinski definition) is 2. The van der Waals surface area contributed by atoms with Gasteiger partial charge in [-0.2, -0.15) is 0 Å². The van der Waals surface area contributed by atoms with Crippen LogP contribution >= 0.6 is 0 Å². The largest absolute Gasteiger partial charge is 0.431 e. The van der Waals surface area contributed by atoms with Crippen LogP contribution in [0.25, 0.3) is 0 Å². The summed E-state index contributed by atoms with van der Waals surface area (Å²) < 4.78 is 5.61. The summed E-state index contributed by atoms with van der Waals surface area (Å²) in [4.78, 5) is 11.5. The van der Waals surface area contributed by atoms with Crippen molar-refractivity contribution in [3.05, 3.63) is 24.0 Å². The number of esters is 1. The molecule has 2 fully saturated rings. The lowest BCUT2D eigenvalue weighted by molar-refractivity contribution is -0.141. The first kappa shape index (κ1) is 15.5. The predicted molar refractivity (Wildman–Crippen MR) is 91.5 cm³/mol. The Morgan fingerprint density at radius 1 is 1.13 bits per heavy atom. The molecule has 0 saturated heterocycles. The Balaban J connectivity index is 1.61. The van der Waals surface area contributed by atoms with Crippen LogP contribution in [0.4, 0.5) is 0 Å². The zero-order chi connectivity index (χ0) is 16.2. The minimum atomic E-state index is -0.159. The summed E-state index contributed by atoms with van der Waals surface area (Å²) in [5.41, 5.74) is 0.601. The predicted octanol–water partition coefficient (Wildman–Crippen LogP) is 5.25. The summed E-state index contributed by atoms with van der Waals surface area (Å²) in [6.07, 6.45) is 16.0. The molecular weight excluding hydrogens is 284 g/mol.